The highest BCUT2D eigenvalue weighted by Crippen LogP contribution is 2.36. The number of halogens is 3. The maximum absolute atomic E-state index is 12.9. The van der Waals surface area contributed by atoms with Crippen molar-refractivity contribution in [3.63, 3.8) is 0 Å². The van der Waals surface area contributed by atoms with Crippen molar-refractivity contribution in [3.05, 3.63) is 53.6 Å². The standard InChI is InChI=1S/C20H14F3N3O4S/c1-28-12-4-3-5-13(29-2)16(12)17(27)24-19-26-25-18(31-19)15-8-10-6-7-11(20(21,22)23)9-14(10)30-15/h3-9H,1-2H3,(H,24,26,27). The van der Waals surface area contributed by atoms with Crippen molar-refractivity contribution in [2.24, 2.45) is 0 Å². The Kier molecular flexibility index (Phi) is 5.27. The maximum atomic E-state index is 12.9. The molecule has 4 rings (SSSR count). The highest BCUT2D eigenvalue weighted by molar-refractivity contribution is 7.18. The molecule has 4 aromatic rings. The number of hydrogen-bond acceptors (Lipinski definition) is 7. The second-order valence-corrected chi connectivity index (χ2v) is 7.24. The summed E-state index contributed by atoms with van der Waals surface area (Å²) in [5.74, 6) is 0.359. The van der Waals surface area contributed by atoms with Gasteiger partial charge in [-0.2, -0.15) is 13.2 Å². The highest BCUT2D eigenvalue weighted by atomic mass is 32.1. The summed E-state index contributed by atoms with van der Waals surface area (Å²) in [6.45, 7) is 0. The van der Waals surface area contributed by atoms with E-state index in [2.05, 4.69) is 15.5 Å². The number of carbonyl (C=O) groups excluding carboxylic acids is 1. The molecule has 1 N–H and O–H groups in total. The average Bonchev–Trinajstić information content (AvgIpc) is 3.38. The van der Waals surface area contributed by atoms with Crippen LogP contribution < -0.4 is 14.8 Å². The van der Waals surface area contributed by atoms with E-state index < -0.39 is 17.6 Å². The van der Waals surface area contributed by atoms with Gasteiger partial charge >= 0.3 is 6.18 Å². The van der Waals surface area contributed by atoms with Crippen LogP contribution in [-0.4, -0.2) is 30.3 Å². The van der Waals surface area contributed by atoms with Crippen molar-refractivity contribution in [1.82, 2.24) is 10.2 Å². The Hall–Kier alpha value is -3.60. The van der Waals surface area contributed by atoms with Crippen LogP contribution in [0.2, 0.25) is 0 Å². The van der Waals surface area contributed by atoms with Gasteiger partial charge in [-0.15, -0.1) is 10.2 Å². The average molecular weight is 449 g/mol. The van der Waals surface area contributed by atoms with Gasteiger partial charge in [0.05, 0.1) is 19.8 Å². The van der Waals surface area contributed by atoms with Crippen LogP contribution in [0.25, 0.3) is 21.7 Å². The van der Waals surface area contributed by atoms with E-state index in [0.717, 1.165) is 23.5 Å². The minimum atomic E-state index is -4.47. The van der Waals surface area contributed by atoms with Gasteiger partial charge < -0.3 is 13.9 Å². The Morgan fingerprint density at radius 3 is 2.42 bits per heavy atom. The molecule has 0 unspecified atom stereocenters. The predicted octanol–water partition coefficient (Wildman–Crippen LogP) is 5.24. The number of amides is 1. The number of furan rings is 1. The summed E-state index contributed by atoms with van der Waals surface area (Å²) >= 11 is 1.01. The monoisotopic (exact) mass is 449 g/mol. The van der Waals surface area contributed by atoms with Gasteiger partial charge in [0.25, 0.3) is 5.91 Å². The Morgan fingerprint density at radius 2 is 1.77 bits per heavy atom. The second-order valence-electron chi connectivity index (χ2n) is 6.27. The summed E-state index contributed by atoms with van der Waals surface area (Å²) in [5.41, 5.74) is -0.547. The lowest BCUT2D eigenvalue weighted by molar-refractivity contribution is -0.137. The van der Waals surface area contributed by atoms with Crippen molar-refractivity contribution in [2.45, 2.75) is 6.18 Å². The summed E-state index contributed by atoms with van der Waals surface area (Å²) in [6, 6.07) is 9.71. The number of fused-ring (bicyclic) bond motifs is 1. The predicted molar refractivity (Wildman–Crippen MR) is 108 cm³/mol. The molecular weight excluding hydrogens is 435 g/mol. The summed E-state index contributed by atoms with van der Waals surface area (Å²) in [6.07, 6.45) is -4.47. The second kappa shape index (κ2) is 7.91. The Balaban J connectivity index is 1.60. The number of methoxy groups -OCH3 is 2. The first-order chi connectivity index (χ1) is 14.8. The van der Waals surface area contributed by atoms with E-state index in [-0.39, 0.29) is 22.0 Å². The summed E-state index contributed by atoms with van der Waals surface area (Å²) in [5, 5.41) is 11.4. The molecule has 2 heterocycles. The summed E-state index contributed by atoms with van der Waals surface area (Å²) in [7, 11) is 2.86. The first-order valence-electron chi connectivity index (χ1n) is 8.77. The van der Waals surface area contributed by atoms with Gasteiger partial charge in [-0.25, -0.2) is 0 Å². The molecule has 2 aromatic heterocycles. The van der Waals surface area contributed by atoms with E-state index in [1.165, 1.54) is 20.3 Å². The molecule has 0 aliphatic rings. The van der Waals surface area contributed by atoms with Crippen LogP contribution in [-0.2, 0) is 6.18 Å². The summed E-state index contributed by atoms with van der Waals surface area (Å²) < 4.78 is 54.7. The molecule has 0 radical (unpaired) electrons. The van der Waals surface area contributed by atoms with Crippen LogP contribution in [0.15, 0.2) is 46.9 Å². The number of alkyl halides is 3. The molecule has 0 atom stereocenters. The SMILES string of the molecule is COc1cccc(OC)c1C(=O)Nc1nnc(-c2cc3ccc(C(F)(F)F)cc3o2)s1. The summed E-state index contributed by atoms with van der Waals surface area (Å²) in [4.78, 5) is 12.7. The number of hydrogen-bond donors (Lipinski definition) is 1. The number of nitrogens with one attached hydrogen (secondary N) is 1. The quantitative estimate of drug-likeness (QED) is 0.449. The lowest BCUT2D eigenvalue weighted by Crippen LogP contribution is -2.14. The van der Waals surface area contributed by atoms with Crippen LogP contribution in [0.4, 0.5) is 18.3 Å². The molecule has 1 amide bonds. The number of anilines is 1. The zero-order valence-electron chi connectivity index (χ0n) is 16.1. The molecule has 160 valence electrons. The van der Waals surface area contributed by atoms with Gasteiger partial charge in [0, 0.05) is 5.39 Å². The molecule has 7 nitrogen and oxygen atoms in total. The number of aromatic nitrogens is 2. The van der Waals surface area contributed by atoms with Gasteiger partial charge in [-0.05, 0) is 30.3 Å². The van der Waals surface area contributed by atoms with E-state index >= 15 is 0 Å². The zero-order valence-corrected chi connectivity index (χ0v) is 16.9. The van der Waals surface area contributed by atoms with E-state index in [1.54, 1.807) is 24.3 Å². The maximum Gasteiger partial charge on any atom is 0.416 e. The van der Waals surface area contributed by atoms with E-state index in [4.69, 9.17) is 13.9 Å². The number of benzene rings is 2. The first kappa shape index (κ1) is 20.7. The van der Waals surface area contributed by atoms with Crippen LogP contribution in [0.5, 0.6) is 11.5 Å². The number of nitrogens with zero attached hydrogens (tertiary/aromatic N) is 2. The van der Waals surface area contributed by atoms with Gasteiger partial charge in [0.2, 0.25) is 5.13 Å². The molecular formula is C20H14F3N3O4S. The van der Waals surface area contributed by atoms with Gasteiger partial charge in [0.15, 0.2) is 10.8 Å². The Bertz CT molecular complexity index is 1240. The van der Waals surface area contributed by atoms with Crippen molar-refractivity contribution in [2.75, 3.05) is 19.5 Å². The van der Waals surface area contributed by atoms with Crippen LogP contribution >= 0.6 is 11.3 Å². The first-order valence-corrected chi connectivity index (χ1v) is 9.59. The van der Waals surface area contributed by atoms with Gasteiger partial charge in [-0.3, -0.25) is 10.1 Å². The molecule has 0 saturated carbocycles. The molecule has 0 aliphatic carbocycles. The number of ether oxygens (including phenoxy) is 2. The molecule has 0 saturated heterocycles. The smallest absolute Gasteiger partial charge is 0.416 e. The molecule has 0 fully saturated rings. The molecule has 31 heavy (non-hydrogen) atoms. The van der Waals surface area contributed by atoms with Crippen molar-refractivity contribution < 1.29 is 31.9 Å². The fourth-order valence-electron chi connectivity index (χ4n) is 2.92. The molecule has 0 aliphatic heterocycles. The normalized spacial score (nSPS) is 11.5. The molecule has 0 spiro atoms. The Morgan fingerprint density at radius 1 is 1.06 bits per heavy atom. The van der Waals surface area contributed by atoms with Crippen molar-refractivity contribution in [1.29, 1.82) is 0 Å². The fraction of sp³-hybridized carbons (Fsp3) is 0.150. The van der Waals surface area contributed by atoms with Crippen molar-refractivity contribution in [3.8, 4) is 22.3 Å². The third kappa shape index (κ3) is 4.04. The third-order valence-electron chi connectivity index (χ3n) is 4.36. The van der Waals surface area contributed by atoms with E-state index in [1.807, 2.05) is 0 Å². The van der Waals surface area contributed by atoms with Gasteiger partial charge in [-0.1, -0.05) is 23.5 Å². The fourth-order valence-corrected chi connectivity index (χ4v) is 3.61. The zero-order chi connectivity index (χ0) is 22.2. The molecule has 11 heteroatoms. The van der Waals surface area contributed by atoms with E-state index in [0.29, 0.717) is 21.9 Å². The third-order valence-corrected chi connectivity index (χ3v) is 5.21. The van der Waals surface area contributed by atoms with Crippen LogP contribution in [0.1, 0.15) is 15.9 Å². The van der Waals surface area contributed by atoms with Crippen LogP contribution in [0, 0.1) is 0 Å². The largest absolute Gasteiger partial charge is 0.496 e. The lowest BCUT2D eigenvalue weighted by Gasteiger charge is -2.11. The topological polar surface area (TPSA) is 86.5 Å². The number of carbonyl (C=O) groups is 1. The molecule has 2 aromatic carbocycles. The number of rotatable bonds is 5. The Labute approximate surface area is 177 Å². The molecule has 0 bridgehead atoms. The van der Waals surface area contributed by atoms with Gasteiger partial charge in [0.1, 0.15) is 22.6 Å². The van der Waals surface area contributed by atoms with Crippen LogP contribution in [0.3, 0.4) is 0 Å². The van der Waals surface area contributed by atoms with Crippen molar-refractivity contribution >= 4 is 33.3 Å². The minimum absolute atomic E-state index is 0.0735. The lowest BCUT2D eigenvalue weighted by atomic mass is 10.1. The van der Waals surface area contributed by atoms with E-state index in [9.17, 15) is 18.0 Å². The minimum Gasteiger partial charge on any atom is -0.496 e. The highest BCUT2D eigenvalue weighted by Gasteiger charge is 2.31.